The van der Waals surface area contributed by atoms with Gasteiger partial charge in [-0.05, 0) is 37.5 Å². The van der Waals surface area contributed by atoms with Crippen molar-refractivity contribution in [2.75, 3.05) is 0 Å². The molecular weight excluding hydrogens is 250 g/mol. The smallest absolute Gasteiger partial charge is 0.116 e. The van der Waals surface area contributed by atoms with Gasteiger partial charge in [-0.15, -0.1) is 0 Å². The fraction of sp³-hybridized carbons (Fsp3) is 0.588. The predicted octanol–water partition coefficient (Wildman–Crippen LogP) is 4.88. The van der Waals surface area contributed by atoms with Gasteiger partial charge in [0.15, 0.2) is 0 Å². The van der Waals surface area contributed by atoms with Crippen molar-refractivity contribution >= 4 is 5.71 Å². The summed E-state index contributed by atoms with van der Waals surface area (Å²) in [7, 11) is 0. The molecule has 1 aromatic carbocycles. The van der Waals surface area contributed by atoms with Crippen molar-refractivity contribution in [2.24, 2.45) is 5.16 Å². The molecule has 0 unspecified atom stereocenters. The van der Waals surface area contributed by atoms with Crippen LogP contribution >= 0.6 is 0 Å². The first kappa shape index (κ1) is 16.5. The third-order valence-electron chi connectivity index (χ3n) is 3.68. The molecule has 0 saturated carbocycles. The Morgan fingerprint density at radius 3 is 2.35 bits per heavy atom. The Hall–Kier alpha value is -1.51. The molecule has 0 fully saturated rings. The predicted molar refractivity (Wildman–Crippen MR) is 83.8 cm³/mol. The number of phenols is 1. The maximum absolute atomic E-state index is 9.54. The van der Waals surface area contributed by atoms with Gasteiger partial charge in [0, 0.05) is 5.56 Å². The van der Waals surface area contributed by atoms with Gasteiger partial charge < -0.3 is 10.3 Å². The van der Waals surface area contributed by atoms with Crippen LogP contribution in [-0.2, 0) is 6.42 Å². The van der Waals surface area contributed by atoms with Gasteiger partial charge in [0.1, 0.15) is 5.75 Å². The van der Waals surface area contributed by atoms with E-state index in [9.17, 15) is 5.11 Å². The summed E-state index contributed by atoms with van der Waals surface area (Å²) >= 11 is 0. The van der Waals surface area contributed by atoms with E-state index >= 15 is 0 Å². The second kappa shape index (κ2) is 9.40. The van der Waals surface area contributed by atoms with E-state index < -0.39 is 0 Å². The number of phenolic OH excluding ortho intramolecular Hbond substituents is 1. The molecule has 20 heavy (non-hydrogen) atoms. The highest BCUT2D eigenvalue weighted by Crippen LogP contribution is 2.20. The van der Waals surface area contributed by atoms with E-state index in [1.165, 1.54) is 38.5 Å². The number of oxime groups is 1. The maximum Gasteiger partial charge on any atom is 0.116 e. The van der Waals surface area contributed by atoms with Gasteiger partial charge in [-0.2, -0.15) is 0 Å². The van der Waals surface area contributed by atoms with E-state index in [0.717, 1.165) is 24.0 Å². The van der Waals surface area contributed by atoms with Crippen LogP contribution in [0.4, 0.5) is 0 Å². The number of hydrogen-bond donors (Lipinski definition) is 2. The molecule has 0 amide bonds. The fourth-order valence-electron chi connectivity index (χ4n) is 2.45. The summed E-state index contributed by atoms with van der Waals surface area (Å²) in [4.78, 5) is 0. The summed E-state index contributed by atoms with van der Waals surface area (Å²) in [6.45, 7) is 3.99. The molecule has 0 aliphatic carbocycles. The second-order valence-corrected chi connectivity index (χ2v) is 5.40. The molecule has 0 aliphatic rings. The molecule has 1 aromatic rings. The molecule has 0 spiro atoms. The molecule has 1 rings (SSSR count). The number of aromatic hydroxyl groups is 1. The third kappa shape index (κ3) is 5.64. The minimum atomic E-state index is 0.214. The Bertz CT molecular complexity index is 427. The van der Waals surface area contributed by atoms with Gasteiger partial charge >= 0.3 is 0 Å². The van der Waals surface area contributed by atoms with E-state index in [-0.39, 0.29) is 5.75 Å². The van der Waals surface area contributed by atoms with Gasteiger partial charge in [-0.1, -0.05) is 56.7 Å². The number of unbranched alkanes of at least 4 members (excludes halogenated alkanes) is 6. The van der Waals surface area contributed by atoms with Crippen LogP contribution < -0.4 is 0 Å². The van der Waals surface area contributed by atoms with Crippen LogP contribution in [0.5, 0.6) is 5.75 Å². The number of hydrogen-bond acceptors (Lipinski definition) is 3. The summed E-state index contributed by atoms with van der Waals surface area (Å²) < 4.78 is 0. The molecule has 3 heteroatoms. The van der Waals surface area contributed by atoms with Gasteiger partial charge in [0.05, 0.1) is 5.71 Å². The molecule has 0 bridgehead atoms. The maximum atomic E-state index is 9.54. The van der Waals surface area contributed by atoms with Crippen LogP contribution in [0.15, 0.2) is 23.4 Å². The summed E-state index contributed by atoms with van der Waals surface area (Å²) in [6, 6.07) is 5.30. The lowest BCUT2D eigenvalue weighted by molar-refractivity contribution is 0.319. The van der Waals surface area contributed by atoms with Crippen LogP contribution in [-0.4, -0.2) is 16.0 Å². The van der Waals surface area contributed by atoms with Gasteiger partial charge in [0.2, 0.25) is 0 Å². The van der Waals surface area contributed by atoms with Crippen LogP contribution in [0, 0.1) is 0 Å². The van der Waals surface area contributed by atoms with E-state index in [0.29, 0.717) is 5.71 Å². The molecule has 0 saturated heterocycles. The van der Waals surface area contributed by atoms with Crippen molar-refractivity contribution in [1.82, 2.24) is 0 Å². The van der Waals surface area contributed by atoms with E-state index in [4.69, 9.17) is 5.21 Å². The molecule has 0 radical (unpaired) electrons. The normalized spacial score (nSPS) is 11.8. The number of benzene rings is 1. The zero-order valence-electron chi connectivity index (χ0n) is 12.7. The number of rotatable bonds is 9. The average molecular weight is 277 g/mol. The van der Waals surface area contributed by atoms with Gasteiger partial charge in [-0.25, -0.2) is 0 Å². The van der Waals surface area contributed by atoms with Crippen LogP contribution in [0.1, 0.15) is 69.9 Å². The molecule has 3 nitrogen and oxygen atoms in total. The molecule has 0 aliphatic heterocycles. The van der Waals surface area contributed by atoms with Crippen molar-refractivity contribution in [3.05, 3.63) is 29.3 Å². The summed E-state index contributed by atoms with van der Waals surface area (Å²) in [5.41, 5.74) is 2.55. The van der Waals surface area contributed by atoms with Crippen LogP contribution in [0.25, 0.3) is 0 Å². The van der Waals surface area contributed by atoms with Crippen LogP contribution in [0.3, 0.4) is 0 Å². The summed E-state index contributed by atoms with van der Waals surface area (Å²) in [5.74, 6) is 0.214. The minimum absolute atomic E-state index is 0.214. The zero-order valence-corrected chi connectivity index (χ0v) is 12.7. The van der Waals surface area contributed by atoms with E-state index in [1.807, 2.05) is 6.07 Å². The highest BCUT2D eigenvalue weighted by molar-refractivity contribution is 5.99. The largest absolute Gasteiger partial charge is 0.508 e. The first-order chi connectivity index (χ1) is 9.69. The highest BCUT2D eigenvalue weighted by Gasteiger charge is 2.07. The Morgan fingerprint density at radius 2 is 1.70 bits per heavy atom. The number of nitrogens with zero attached hydrogens (tertiary/aromatic N) is 1. The first-order valence-electron chi connectivity index (χ1n) is 7.70. The Balaban J connectivity index is 2.43. The third-order valence-corrected chi connectivity index (χ3v) is 3.68. The summed E-state index contributed by atoms with van der Waals surface area (Å²) in [5, 5.41) is 21.7. The zero-order chi connectivity index (χ0) is 14.8. The topological polar surface area (TPSA) is 52.8 Å². The van der Waals surface area contributed by atoms with E-state index in [2.05, 4.69) is 12.1 Å². The van der Waals surface area contributed by atoms with Gasteiger partial charge in [-0.3, -0.25) is 0 Å². The Labute approximate surface area is 122 Å². The lowest BCUT2D eigenvalue weighted by Crippen LogP contribution is -2.01. The molecule has 2 N–H and O–H groups in total. The lowest BCUT2D eigenvalue weighted by Gasteiger charge is -2.09. The molecule has 0 atom stereocenters. The van der Waals surface area contributed by atoms with Gasteiger partial charge in [0.25, 0.3) is 0 Å². The van der Waals surface area contributed by atoms with Crippen LogP contribution in [0.2, 0.25) is 0 Å². The quantitative estimate of drug-likeness (QED) is 0.292. The highest BCUT2D eigenvalue weighted by atomic mass is 16.4. The average Bonchev–Trinajstić information content (AvgIpc) is 2.46. The second-order valence-electron chi connectivity index (χ2n) is 5.40. The lowest BCUT2D eigenvalue weighted by atomic mass is 9.97. The molecular formula is C17H27NO2. The van der Waals surface area contributed by atoms with Crippen molar-refractivity contribution < 1.29 is 10.3 Å². The molecule has 112 valence electrons. The first-order valence-corrected chi connectivity index (χ1v) is 7.70. The van der Waals surface area contributed by atoms with Crippen molar-refractivity contribution in [3.63, 3.8) is 0 Å². The summed E-state index contributed by atoms with van der Waals surface area (Å²) in [6.07, 6.45) is 9.94. The Kier molecular flexibility index (Phi) is 7.78. The van der Waals surface area contributed by atoms with E-state index in [1.54, 1.807) is 19.1 Å². The fourth-order valence-corrected chi connectivity index (χ4v) is 2.45. The molecule has 0 heterocycles. The molecule has 0 aromatic heterocycles. The van der Waals surface area contributed by atoms with Crippen molar-refractivity contribution in [1.29, 1.82) is 0 Å². The van der Waals surface area contributed by atoms with Crippen molar-refractivity contribution in [3.8, 4) is 5.75 Å². The van der Waals surface area contributed by atoms with Crippen molar-refractivity contribution in [2.45, 2.75) is 65.2 Å². The number of aryl methyl sites for hydroxylation is 1. The minimum Gasteiger partial charge on any atom is -0.508 e. The Morgan fingerprint density at radius 1 is 1.05 bits per heavy atom. The SMILES string of the molecule is CCCCCCCCCc1ccc(O)cc1C(C)=NO. The standard InChI is InChI=1S/C17H27NO2/c1-3-4-5-6-7-8-9-10-15-11-12-16(19)13-17(15)14(2)18-20/h11-13,19-20H,3-10H2,1-2H3. The monoisotopic (exact) mass is 277 g/mol.